The van der Waals surface area contributed by atoms with E-state index in [1.165, 1.54) is 11.6 Å². The lowest BCUT2D eigenvalue weighted by Crippen LogP contribution is -2.21. The Morgan fingerprint density at radius 1 is 1.35 bits per heavy atom. The van der Waals surface area contributed by atoms with Crippen LogP contribution in [0.5, 0.6) is 0 Å². The van der Waals surface area contributed by atoms with E-state index < -0.39 is 10.8 Å². The van der Waals surface area contributed by atoms with Crippen LogP contribution in [0.1, 0.15) is 11.3 Å². The Bertz CT molecular complexity index is 950. The average molecular weight is 375 g/mol. The summed E-state index contributed by atoms with van der Waals surface area (Å²) in [7, 11) is 0. The Kier molecular flexibility index (Phi) is 4.99. The van der Waals surface area contributed by atoms with Crippen LogP contribution in [0.25, 0.3) is 0 Å². The summed E-state index contributed by atoms with van der Waals surface area (Å²) in [5.41, 5.74) is 1.21. The van der Waals surface area contributed by atoms with Crippen LogP contribution in [-0.4, -0.2) is 30.4 Å². The molecule has 3 aromatic rings. The molecular formula is C16H15ClN6O3. The molecule has 1 aromatic carbocycles. The van der Waals surface area contributed by atoms with E-state index in [-0.39, 0.29) is 18.1 Å². The molecule has 0 radical (unpaired) electrons. The van der Waals surface area contributed by atoms with E-state index in [1.54, 1.807) is 10.9 Å². The number of nitrogens with zero attached hydrogens (tertiary/aromatic N) is 5. The van der Waals surface area contributed by atoms with Gasteiger partial charge in [0, 0.05) is 6.20 Å². The topological polar surface area (TPSA) is 108 Å². The standard InChI is InChI=1S/C16H15ClN6O3/c1-11-14(23(25)26)7-18-22(11)10-15(24)19-16-13(17)9-21(20-16)8-12-5-3-2-4-6-12/h2-7,9H,8,10H2,1H3,(H,19,20,24). The second kappa shape index (κ2) is 7.36. The monoisotopic (exact) mass is 374 g/mol. The minimum Gasteiger partial charge on any atom is -0.306 e. The molecule has 9 nitrogen and oxygen atoms in total. The maximum Gasteiger partial charge on any atom is 0.309 e. The summed E-state index contributed by atoms with van der Waals surface area (Å²) in [6, 6.07) is 9.69. The molecule has 2 heterocycles. The molecule has 0 fully saturated rings. The van der Waals surface area contributed by atoms with E-state index in [0.717, 1.165) is 11.8 Å². The largest absolute Gasteiger partial charge is 0.309 e. The van der Waals surface area contributed by atoms with E-state index in [9.17, 15) is 14.9 Å². The van der Waals surface area contributed by atoms with Crippen molar-refractivity contribution in [3.8, 4) is 0 Å². The molecule has 0 atom stereocenters. The molecule has 26 heavy (non-hydrogen) atoms. The van der Waals surface area contributed by atoms with Gasteiger partial charge in [-0.2, -0.15) is 10.2 Å². The Morgan fingerprint density at radius 3 is 2.73 bits per heavy atom. The lowest BCUT2D eigenvalue weighted by atomic mass is 10.2. The van der Waals surface area contributed by atoms with E-state index in [1.807, 2.05) is 30.3 Å². The van der Waals surface area contributed by atoms with Crippen LogP contribution in [-0.2, 0) is 17.9 Å². The summed E-state index contributed by atoms with van der Waals surface area (Å²) in [6.07, 6.45) is 2.73. The second-order valence-electron chi connectivity index (χ2n) is 5.59. The zero-order valence-electron chi connectivity index (χ0n) is 13.8. The van der Waals surface area contributed by atoms with Crippen molar-refractivity contribution in [3.63, 3.8) is 0 Å². The minimum absolute atomic E-state index is 0.136. The van der Waals surface area contributed by atoms with Gasteiger partial charge in [0.15, 0.2) is 5.82 Å². The summed E-state index contributed by atoms with van der Waals surface area (Å²) in [4.78, 5) is 22.5. The van der Waals surface area contributed by atoms with Gasteiger partial charge < -0.3 is 5.32 Å². The number of hydrogen-bond acceptors (Lipinski definition) is 5. The third-order valence-corrected chi connectivity index (χ3v) is 4.01. The maximum atomic E-state index is 12.2. The van der Waals surface area contributed by atoms with Crippen LogP contribution in [0.15, 0.2) is 42.7 Å². The number of anilines is 1. The van der Waals surface area contributed by atoms with Crippen LogP contribution in [0, 0.1) is 17.0 Å². The molecule has 0 spiro atoms. The van der Waals surface area contributed by atoms with Crippen LogP contribution >= 0.6 is 11.6 Å². The van der Waals surface area contributed by atoms with Crippen molar-refractivity contribution in [1.82, 2.24) is 19.6 Å². The van der Waals surface area contributed by atoms with Gasteiger partial charge in [-0.3, -0.25) is 24.3 Å². The Balaban J connectivity index is 1.67. The van der Waals surface area contributed by atoms with E-state index in [2.05, 4.69) is 15.5 Å². The quantitative estimate of drug-likeness (QED) is 0.527. The molecule has 0 aliphatic heterocycles. The fourth-order valence-corrected chi connectivity index (χ4v) is 2.61. The van der Waals surface area contributed by atoms with Crippen molar-refractivity contribution in [2.75, 3.05) is 5.32 Å². The van der Waals surface area contributed by atoms with Gasteiger partial charge in [-0.25, -0.2) is 0 Å². The van der Waals surface area contributed by atoms with Crippen LogP contribution in [0.4, 0.5) is 11.5 Å². The van der Waals surface area contributed by atoms with Gasteiger partial charge in [-0.05, 0) is 12.5 Å². The molecule has 0 aliphatic rings. The average Bonchev–Trinajstić information content (AvgIpc) is 3.12. The fourth-order valence-electron chi connectivity index (χ4n) is 2.42. The van der Waals surface area contributed by atoms with E-state index in [0.29, 0.717) is 17.3 Å². The van der Waals surface area contributed by atoms with Crippen molar-refractivity contribution >= 4 is 29.0 Å². The summed E-state index contributed by atoms with van der Waals surface area (Å²) < 4.78 is 2.87. The third kappa shape index (κ3) is 3.89. The number of rotatable bonds is 6. The number of halogens is 1. The predicted octanol–water partition coefficient (Wildman–Crippen LogP) is 2.64. The zero-order valence-corrected chi connectivity index (χ0v) is 14.6. The Labute approximate surface area is 153 Å². The second-order valence-corrected chi connectivity index (χ2v) is 5.99. The number of nitrogens with one attached hydrogen (secondary N) is 1. The molecule has 0 bridgehead atoms. The third-order valence-electron chi connectivity index (χ3n) is 3.73. The normalized spacial score (nSPS) is 10.7. The molecule has 0 saturated carbocycles. The van der Waals surface area contributed by atoms with Gasteiger partial charge in [0.1, 0.15) is 23.5 Å². The molecular weight excluding hydrogens is 360 g/mol. The highest BCUT2D eigenvalue weighted by molar-refractivity contribution is 6.33. The molecule has 134 valence electrons. The van der Waals surface area contributed by atoms with Crippen molar-refractivity contribution in [2.45, 2.75) is 20.0 Å². The molecule has 3 rings (SSSR count). The summed E-state index contributed by atoms with van der Waals surface area (Å²) in [6.45, 7) is 1.86. The van der Waals surface area contributed by atoms with Gasteiger partial charge in [0.2, 0.25) is 5.91 Å². The lowest BCUT2D eigenvalue weighted by molar-refractivity contribution is -0.385. The first-order chi connectivity index (χ1) is 12.4. The van der Waals surface area contributed by atoms with Gasteiger partial charge in [-0.1, -0.05) is 41.9 Å². The number of benzene rings is 1. The Hall–Kier alpha value is -3.20. The minimum atomic E-state index is -0.543. The molecule has 0 saturated heterocycles. The fraction of sp³-hybridized carbons (Fsp3) is 0.188. The number of carbonyl (C=O) groups excluding carboxylic acids is 1. The van der Waals surface area contributed by atoms with Crippen molar-refractivity contribution < 1.29 is 9.72 Å². The highest BCUT2D eigenvalue weighted by Gasteiger charge is 2.19. The van der Waals surface area contributed by atoms with Crippen LogP contribution in [0.3, 0.4) is 0 Å². The molecule has 0 unspecified atom stereocenters. The van der Waals surface area contributed by atoms with Crippen molar-refractivity contribution in [1.29, 1.82) is 0 Å². The first kappa shape index (κ1) is 17.6. The number of nitro groups is 1. The molecule has 10 heteroatoms. The first-order valence-corrected chi connectivity index (χ1v) is 8.05. The van der Waals surface area contributed by atoms with E-state index >= 15 is 0 Å². The lowest BCUT2D eigenvalue weighted by Gasteiger charge is -2.05. The predicted molar refractivity (Wildman–Crippen MR) is 95.0 cm³/mol. The van der Waals surface area contributed by atoms with Gasteiger partial charge in [-0.15, -0.1) is 0 Å². The van der Waals surface area contributed by atoms with Crippen LogP contribution < -0.4 is 5.32 Å². The number of aromatic nitrogens is 4. The number of carbonyl (C=O) groups is 1. The van der Waals surface area contributed by atoms with E-state index in [4.69, 9.17) is 11.6 Å². The molecule has 1 N–H and O–H groups in total. The SMILES string of the molecule is Cc1c([N+](=O)[O-])cnn1CC(=O)Nc1nn(Cc2ccccc2)cc1Cl. The molecule has 2 aromatic heterocycles. The Morgan fingerprint density at radius 2 is 2.08 bits per heavy atom. The summed E-state index contributed by atoms with van der Waals surface area (Å²) in [5.74, 6) is -0.204. The molecule has 1 amide bonds. The summed E-state index contributed by atoms with van der Waals surface area (Å²) >= 11 is 6.13. The number of hydrogen-bond donors (Lipinski definition) is 1. The van der Waals surface area contributed by atoms with Gasteiger partial charge >= 0.3 is 5.69 Å². The number of amides is 1. The van der Waals surface area contributed by atoms with Crippen molar-refractivity contribution in [2.24, 2.45) is 0 Å². The van der Waals surface area contributed by atoms with Gasteiger partial charge in [0.05, 0.1) is 11.5 Å². The highest BCUT2D eigenvalue weighted by Crippen LogP contribution is 2.21. The van der Waals surface area contributed by atoms with Crippen molar-refractivity contribution in [3.05, 3.63) is 69.1 Å². The zero-order chi connectivity index (χ0) is 18.7. The molecule has 0 aliphatic carbocycles. The van der Waals surface area contributed by atoms with Crippen LogP contribution in [0.2, 0.25) is 5.02 Å². The first-order valence-electron chi connectivity index (χ1n) is 7.67. The smallest absolute Gasteiger partial charge is 0.306 e. The summed E-state index contributed by atoms with van der Waals surface area (Å²) in [5, 5.41) is 21.8. The van der Waals surface area contributed by atoms with Gasteiger partial charge in [0.25, 0.3) is 0 Å². The maximum absolute atomic E-state index is 12.2. The highest BCUT2D eigenvalue weighted by atomic mass is 35.5.